The van der Waals surface area contributed by atoms with E-state index in [0.717, 1.165) is 44.4 Å². The summed E-state index contributed by atoms with van der Waals surface area (Å²) >= 11 is 0. The number of rotatable bonds is 9. The van der Waals surface area contributed by atoms with Crippen molar-refractivity contribution < 1.29 is 23.4 Å². The number of carbonyl (C=O) groups is 1. The van der Waals surface area contributed by atoms with E-state index in [1.54, 1.807) is 12.1 Å². The van der Waals surface area contributed by atoms with Gasteiger partial charge in [0.05, 0.1) is 18.8 Å². The molecule has 2 fully saturated rings. The highest BCUT2D eigenvalue weighted by atomic mass is 19.1. The summed E-state index contributed by atoms with van der Waals surface area (Å²) in [5.41, 5.74) is 0.593. The Labute approximate surface area is 180 Å². The van der Waals surface area contributed by atoms with Crippen molar-refractivity contribution >= 4 is 5.97 Å². The van der Waals surface area contributed by atoms with E-state index in [0.29, 0.717) is 24.7 Å². The van der Waals surface area contributed by atoms with Crippen molar-refractivity contribution in [3.05, 3.63) is 35.1 Å². The van der Waals surface area contributed by atoms with Gasteiger partial charge in [0.15, 0.2) is 6.29 Å². The Bertz CT molecular complexity index is 661. The number of halogens is 1. The van der Waals surface area contributed by atoms with E-state index in [1.165, 1.54) is 31.7 Å². The Hall–Kier alpha value is -1.46. The molecule has 3 rings (SSSR count). The zero-order valence-corrected chi connectivity index (χ0v) is 18.5. The van der Waals surface area contributed by atoms with E-state index >= 15 is 0 Å². The lowest BCUT2D eigenvalue weighted by atomic mass is 9.84. The van der Waals surface area contributed by atoms with Gasteiger partial charge in [0, 0.05) is 11.5 Å². The number of carbonyl (C=O) groups excluding carboxylic acids is 1. The molecule has 0 bridgehead atoms. The molecule has 4 nitrogen and oxygen atoms in total. The van der Waals surface area contributed by atoms with Gasteiger partial charge in [-0.1, -0.05) is 52.0 Å². The molecule has 1 aliphatic heterocycles. The third-order valence-corrected chi connectivity index (χ3v) is 6.44. The van der Waals surface area contributed by atoms with Crippen molar-refractivity contribution in [1.29, 1.82) is 0 Å². The maximum Gasteiger partial charge on any atom is 0.338 e. The smallest absolute Gasteiger partial charge is 0.338 e. The number of hydrogen-bond acceptors (Lipinski definition) is 4. The van der Waals surface area contributed by atoms with Crippen LogP contribution in [0.3, 0.4) is 0 Å². The molecule has 0 radical (unpaired) electrons. The van der Waals surface area contributed by atoms with Crippen LogP contribution < -0.4 is 0 Å². The summed E-state index contributed by atoms with van der Waals surface area (Å²) < 4.78 is 31.7. The SMILES string of the molecule is CCCCCC1CCC(OC(=O)c2ccc(C3OCC(CCC)CO3)c(F)c2)CC1. The van der Waals surface area contributed by atoms with Gasteiger partial charge in [-0.2, -0.15) is 0 Å². The molecule has 1 saturated heterocycles. The molecule has 0 N–H and O–H groups in total. The lowest BCUT2D eigenvalue weighted by Crippen LogP contribution is -2.27. The van der Waals surface area contributed by atoms with Gasteiger partial charge in [-0.25, -0.2) is 9.18 Å². The second kappa shape index (κ2) is 11.8. The zero-order valence-electron chi connectivity index (χ0n) is 18.5. The number of esters is 1. The minimum atomic E-state index is -0.703. The maximum absolute atomic E-state index is 14.6. The highest BCUT2D eigenvalue weighted by molar-refractivity contribution is 5.89. The average molecular weight is 421 g/mol. The van der Waals surface area contributed by atoms with Crippen molar-refractivity contribution in [2.75, 3.05) is 13.2 Å². The normalized spacial score (nSPS) is 27.0. The Morgan fingerprint density at radius 2 is 1.73 bits per heavy atom. The van der Waals surface area contributed by atoms with E-state index in [2.05, 4.69) is 13.8 Å². The van der Waals surface area contributed by atoms with Crippen LogP contribution in [0, 0.1) is 17.7 Å². The summed E-state index contributed by atoms with van der Waals surface area (Å²) in [5.74, 6) is 0.201. The van der Waals surface area contributed by atoms with Crippen LogP contribution in [-0.4, -0.2) is 25.3 Å². The Morgan fingerprint density at radius 1 is 1.00 bits per heavy atom. The molecule has 1 aromatic carbocycles. The quantitative estimate of drug-likeness (QED) is 0.334. The fraction of sp³-hybridized carbons (Fsp3) is 0.720. The molecule has 0 spiro atoms. The van der Waals surface area contributed by atoms with Crippen molar-refractivity contribution in [3.63, 3.8) is 0 Å². The minimum absolute atomic E-state index is 0.0526. The average Bonchev–Trinajstić information content (AvgIpc) is 2.76. The Kier molecular flexibility index (Phi) is 9.13. The third kappa shape index (κ3) is 6.52. The lowest BCUT2D eigenvalue weighted by molar-refractivity contribution is -0.207. The first kappa shape index (κ1) is 23.2. The van der Waals surface area contributed by atoms with E-state index in [9.17, 15) is 9.18 Å². The molecule has 0 atom stereocenters. The molecule has 30 heavy (non-hydrogen) atoms. The molecule has 0 unspecified atom stereocenters. The molecular formula is C25H37FO4. The summed E-state index contributed by atoms with van der Waals surface area (Å²) in [6, 6.07) is 4.45. The van der Waals surface area contributed by atoms with Crippen LogP contribution >= 0.6 is 0 Å². The minimum Gasteiger partial charge on any atom is -0.459 e. The monoisotopic (exact) mass is 420 g/mol. The van der Waals surface area contributed by atoms with Crippen LogP contribution in [0.15, 0.2) is 18.2 Å². The molecule has 168 valence electrons. The second-order valence-corrected chi connectivity index (χ2v) is 8.93. The van der Waals surface area contributed by atoms with Crippen LogP contribution in [0.25, 0.3) is 0 Å². The third-order valence-electron chi connectivity index (χ3n) is 6.44. The molecule has 1 aromatic rings. The second-order valence-electron chi connectivity index (χ2n) is 8.93. The summed E-state index contributed by atoms with van der Waals surface area (Å²) in [7, 11) is 0. The predicted octanol–water partition coefficient (Wildman–Crippen LogP) is 6.58. The summed E-state index contributed by atoms with van der Waals surface area (Å²) in [6.45, 7) is 5.50. The fourth-order valence-electron chi connectivity index (χ4n) is 4.58. The first-order valence-corrected chi connectivity index (χ1v) is 11.8. The number of benzene rings is 1. The van der Waals surface area contributed by atoms with Gasteiger partial charge < -0.3 is 14.2 Å². The highest BCUT2D eigenvalue weighted by Gasteiger charge is 2.27. The first-order valence-electron chi connectivity index (χ1n) is 11.8. The number of hydrogen-bond donors (Lipinski definition) is 0. The standard InChI is InChI=1S/C25H37FO4/c1-3-5-6-8-18-9-12-21(13-10-18)30-24(27)20-11-14-22(23(26)15-20)25-28-16-19(7-4-2)17-29-25/h11,14-15,18-19,21,25H,3-10,12-13,16-17H2,1-2H3. The summed E-state index contributed by atoms with van der Waals surface area (Å²) in [4.78, 5) is 12.5. The largest absolute Gasteiger partial charge is 0.459 e. The molecule has 1 aliphatic carbocycles. The summed E-state index contributed by atoms with van der Waals surface area (Å²) in [5, 5.41) is 0. The number of unbranched alkanes of at least 4 members (excludes halogenated alkanes) is 2. The fourth-order valence-corrected chi connectivity index (χ4v) is 4.58. The van der Waals surface area contributed by atoms with Crippen molar-refractivity contribution in [3.8, 4) is 0 Å². The van der Waals surface area contributed by atoms with Gasteiger partial charge in [-0.15, -0.1) is 0 Å². The van der Waals surface area contributed by atoms with E-state index in [-0.39, 0.29) is 11.7 Å². The van der Waals surface area contributed by atoms with Crippen LogP contribution in [0.1, 0.15) is 100 Å². The molecule has 2 aliphatic rings. The maximum atomic E-state index is 14.6. The van der Waals surface area contributed by atoms with Gasteiger partial charge in [0.2, 0.25) is 0 Å². The van der Waals surface area contributed by atoms with Crippen molar-refractivity contribution in [2.24, 2.45) is 11.8 Å². The van der Waals surface area contributed by atoms with Crippen molar-refractivity contribution in [1.82, 2.24) is 0 Å². The van der Waals surface area contributed by atoms with Gasteiger partial charge in [0.1, 0.15) is 11.9 Å². The van der Waals surface area contributed by atoms with Crippen LogP contribution in [0.4, 0.5) is 4.39 Å². The zero-order chi connectivity index (χ0) is 21.3. The molecule has 1 heterocycles. The molecule has 1 saturated carbocycles. The lowest BCUT2D eigenvalue weighted by Gasteiger charge is -2.30. The first-order chi connectivity index (χ1) is 14.6. The Balaban J connectivity index is 1.47. The highest BCUT2D eigenvalue weighted by Crippen LogP contribution is 2.31. The van der Waals surface area contributed by atoms with Gasteiger partial charge in [0.25, 0.3) is 0 Å². The van der Waals surface area contributed by atoms with Gasteiger partial charge >= 0.3 is 5.97 Å². The molecular weight excluding hydrogens is 383 g/mol. The van der Waals surface area contributed by atoms with Gasteiger partial charge in [-0.05, 0) is 50.2 Å². The van der Waals surface area contributed by atoms with Crippen LogP contribution in [0.2, 0.25) is 0 Å². The molecule has 0 aromatic heterocycles. The van der Waals surface area contributed by atoms with Crippen LogP contribution in [0.5, 0.6) is 0 Å². The van der Waals surface area contributed by atoms with E-state index < -0.39 is 18.1 Å². The topological polar surface area (TPSA) is 44.8 Å². The van der Waals surface area contributed by atoms with E-state index in [1.807, 2.05) is 0 Å². The van der Waals surface area contributed by atoms with Crippen LogP contribution in [-0.2, 0) is 14.2 Å². The molecule has 0 amide bonds. The Morgan fingerprint density at radius 3 is 2.37 bits per heavy atom. The number of ether oxygens (including phenoxy) is 3. The van der Waals surface area contributed by atoms with Gasteiger partial charge in [-0.3, -0.25) is 0 Å². The van der Waals surface area contributed by atoms with E-state index in [4.69, 9.17) is 14.2 Å². The molecule has 5 heteroatoms. The summed E-state index contributed by atoms with van der Waals surface area (Å²) in [6.07, 6.45) is 10.5. The predicted molar refractivity (Wildman–Crippen MR) is 115 cm³/mol. The van der Waals surface area contributed by atoms with Crippen molar-refractivity contribution in [2.45, 2.75) is 90.4 Å².